The quantitative estimate of drug-likeness (QED) is 0.916. The van der Waals surface area contributed by atoms with Gasteiger partial charge in [0.1, 0.15) is 11.6 Å². The lowest BCUT2D eigenvalue weighted by atomic mass is 10.00. The van der Waals surface area contributed by atoms with Crippen LogP contribution < -0.4 is 4.74 Å². The molecule has 1 N–H and O–H groups in total. The van der Waals surface area contributed by atoms with E-state index in [1.165, 1.54) is 24.3 Å². The lowest BCUT2D eigenvalue weighted by Gasteiger charge is -2.37. The molecule has 2 saturated heterocycles. The highest BCUT2D eigenvalue weighted by atomic mass is 19.1. The maximum Gasteiger partial charge on any atom is 0.261 e. The summed E-state index contributed by atoms with van der Waals surface area (Å²) in [6.07, 6.45) is 2.97. The fourth-order valence-corrected chi connectivity index (χ4v) is 3.31. The van der Waals surface area contributed by atoms with Crippen molar-refractivity contribution in [2.75, 3.05) is 6.61 Å². The molecular formula is C15H18FNO3. The highest BCUT2D eigenvalue weighted by Gasteiger charge is 2.42. The third kappa shape index (κ3) is 2.63. The second-order valence-electron chi connectivity index (χ2n) is 5.55. The molecule has 3 rings (SSSR count). The molecule has 5 heteroatoms. The average molecular weight is 279 g/mol. The van der Waals surface area contributed by atoms with Gasteiger partial charge in [-0.15, -0.1) is 0 Å². The van der Waals surface area contributed by atoms with Crippen molar-refractivity contribution in [3.8, 4) is 5.75 Å². The van der Waals surface area contributed by atoms with Crippen LogP contribution in [-0.4, -0.2) is 40.7 Å². The smallest absolute Gasteiger partial charge is 0.261 e. The molecule has 1 amide bonds. The zero-order valence-electron chi connectivity index (χ0n) is 11.2. The van der Waals surface area contributed by atoms with Crippen molar-refractivity contribution in [1.29, 1.82) is 0 Å². The van der Waals surface area contributed by atoms with Crippen molar-refractivity contribution in [2.45, 2.75) is 43.9 Å². The SMILES string of the molecule is O=C(COc1ccc(F)cc1)N1C2CCC1CC(O)C2. The fourth-order valence-electron chi connectivity index (χ4n) is 3.31. The largest absolute Gasteiger partial charge is 0.484 e. The van der Waals surface area contributed by atoms with Crippen molar-refractivity contribution in [2.24, 2.45) is 0 Å². The molecule has 2 heterocycles. The Hall–Kier alpha value is -1.62. The van der Waals surface area contributed by atoms with Gasteiger partial charge in [-0.1, -0.05) is 0 Å². The molecule has 0 aromatic heterocycles. The van der Waals surface area contributed by atoms with E-state index in [1.807, 2.05) is 4.90 Å². The summed E-state index contributed by atoms with van der Waals surface area (Å²) in [5.74, 6) is 0.115. The Kier molecular flexibility index (Phi) is 3.61. The Balaban J connectivity index is 1.58. The summed E-state index contributed by atoms with van der Waals surface area (Å²) in [4.78, 5) is 14.1. The van der Waals surface area contributed by atoms with Crippen molar-refractivity contribution in [3.63, 3.8) is 0 Å². The second kappa shape index (κ2) is 5.40. The van der Waals surface area contributed by atoms with E-state index in [9.17, 15) is 14.3 Å². The van der Waals surface area contributed by atoms with Gasteiger partial charge in [-0.2, -0.15) is 0 Å². The molecular weight excluding hydrogens is 261 g/mol. The Bertz CT molecular complexity index is 476. The summed E-state index contributed by atoms with van der Waals surface area (Å²) in [5.41, 5.74) is 0. The number of carbonyl (C=O) groups is 1. The topological polar surface area (TPSA) is 49.8 Å². The number of aliphatic hydroxyl groups is 1. The fraction of sp³-hybridized carbons (Fsp3) is 0.533. The van der Waals surface area contributed by atoms with Crippen LogP contribution in [0.1, 0.15) is 25.7 Å². The minimum atomic E-state index is -0.327. The minimum absolute atomic E-state index is 0.0330. The molecule has 0 spiro atoms. The molecule has 2 unspecified atom stereocenters. The maximum atomic E-state index is 12.8. The third-order valence-electron chi connectivity index (χ3n) is 4.17. The zero-order valence-corrected chi connectivity index (χ0v) is 11.2. The van der Waals surface area contributed by atoms with Crippen LogP contribution in [0.4, 0.5) is 4.39 Å². The van der Waals surface area contributed by atoms with Gasteiger partial charge < -0.3 is 14.7 Å². The van der Waals surface area contributed by atoms with Gasteiger partial charge >= 0.3 is 0 Å². The van der Waals surface area contributed by atoms with Crippen molar-refractivity contribution in [3.05, 3.63) is 30.1 Å². The molecule has 0 saturated carbocycles. The number of amides is 1. The standard InChI is InChI=1S/C15H18FNO3/c16-10-1-5-14(6-2-10)20-9-15(19)17-11-3-4-12(17)8-13(18)7-11/h1-2,5-6,11-13,18H,3-4,7-9H2. The average Bonchev–Trinajstić information content (AvgIpc) is 2.70. The Morgan fingerprint density at radius 3 is 2.45 bits per heavy atom. The number of ether oxygens (including phenoxy) is 1. The molecule has 2 aliphatic rings. The molecule has 4 nitrogen and oxygen atoms in total. The first-order chi connectivity index (χ1) is 9.63. The summed E-state index contributed by atoms with van der Waals surface area (Å²) in [7, 11) is 0. The van der Waals surface area contributed by atoms with Crippen molar-refractivity contribution < 1.29 is 19.0 Å². The van der Waals surface area contributed by atoms with Gasteiger partial charge in [0, 0.05) is 12.1 Å². The van der Waals surface area contributed by atoms with Crippen molar-refractivity contribution in [1.82, 2.24) is 4.90 Å². The lowest BCUT2D eigenvalue weighted by Crippen LogP contribution is -2.49. The van der Waals surface area contributed by atoms with E-state index in [0.29, 0.717) is 18.6 Å². The van der Waals surface area contributed by atoms with E-state index in [0.717, 1.165) is 12.8 Å². The van der Waals surface area contributed by atoms with Crippen LogP contribution in [0.5, 0.6) is 5.75 Å². The van der Waals surface area contributed by atoms with Crippen LogP contribution in [-0.2, 0) is 4.79 Å². The minimum Gasteiger partial charge on any atom is -0.484 e. The highest BCUT2D eigenvalue weighted by molar-refractivity contribution is 5.79. The predicted molar refractivity (Wildman–Crippen MR) is 70.8 cm³/mol. The number of fused-ring (bicyclic) bond motifs is 2. The van der Waals surface area contributed by atoms with E-state index in [4.69, 9.17) is 4.74 Å². The van der Waals surface area contributed by atoms with Crippen LogP contribution in [0.25, 0.3) is 0 Å². The number of rotatable bonds is 3. The molecule has 2 bridgehead atoms. The lowest BCUT2D eigenvalue weighted by molar-refractivity contribution is -0.139. The van der Waals surface area contributed by atoms with E-state index in [1.54, 1.807) is 0 Å². The van der Waals surface area contributed by atoms with Gasteiger partial charge in [-0.25, -0.2) is 4.39 Å². The van der Waals surface area contributed by atoms with Gasteiger partial charge in [0.2, 0.25) is 0 Å². The van der Waals surface area contributed by atoms with Crippen LogP contribution in [0, 0.1) is 5.82 Å². The number of hydrogen-bond acceptors (Lipinski definition) is 3. The molecule has 0 aliphatic carbocycles. The third-order valence-corrected chi connectivity index (χ3v) is 4.17. The summed E-state index contributed by atoms with van der Waals surface area (Å²) in [6, 6.07) is 5.93. The van der Waals surface area contributed by atoms with E-state index in [2.05, 4.69) is 0 Å². The summed E-state index contributed by atoms with van der Waals surface area (Å²) in [5, 5.41) is 9.72. The number of carbonyl (C=O) groups excluding carboxylic acids is 1. The number of hydrogen-bond donors (Lipinski definition) is 1. The van der Waals surface area contributed by atoms with Gasteiger partial charge in [-0.05, 0) is 49.9 Å². The van der Waals surface area contributed by atoms with E-state index in [-0.39, 0.29) is 36.5 Å². The number of piperidine rings is 1. The van der Waals surface area contributed by atoms with Crippen molar-refractivity contribution >= 4 is 5.91 Å². The first-order valence-corrected chi connectivity index (χ1v) is 7.01. The van der Waals surface area contributed by atoms with Gasteiger partial charge in [0.05, 0.1) is 6.10 Å². The first-order valence-electron chi connectivity index (χ1n) is 7.01. The van der Waals surface area contributed by atoms with Gasteiger partial charge in [0.15, 0.2) is 6.61 Å². The number of nitrogens with zero attached hydrogens (tertiary/aromatic N) is 1. The molecule has 0 radical (unpaired) electrons. The first kappa shape index (κ1) is 13.4. The number of benzene rings is 1. The normalized spacial score (nSPS) is 28.5. The van der Waals surface area contributed by atoms with Gasteiger partial charge in [0.25, 0.3) is 5.91 Å². The summed E-state index contributed by atoms with van der Waals surface area (Å²) < 4.78 is 18.2. The van der Waals surface area contributed by atoms with Crippen LogP contribution in [0.2, 0.25) is 0 Å². The number of halogens is 1. The van der Waals surface area contributed by atoms with Gasteiger partial charge in [-0.3, -0.25) is 4.79 Å². The monoisotopic (exact) mass is 279 g/mol. The predicted octanol–water partition coefficient (Wildman–Crippen LogP) is 1.72. The van der Waals surface area contributed by atoms with Crippen LogP contribution in [0.3, 0.4) is 0 Å². The molecule has 1 aromatic carbocycles. The Morgan fingerprint density at radius 2 is 1.85 bits per heavy atom. The molecule has 2 aliphatic heterocycles. The summed E-state index contributed by atoms with van der Waals surface area (Å²) in [6.45, 7) is -0.0330. The molecule has 2 atom stereocenters. The maximum absolute atomic E-state index is 12.8. The van der Waals surface area contributed by atoms with Crippen LogP contribution >= 0.6 is 0 Å². The molecule has 2 fully saturated rings. The van der Waals surface area contributed by atoms with Crippen LogP contribution in [0.15, 0.2) is 24.3 Å². The number of aliphatic hydroxyl groups excluding tert-OH is 1. The van der Waals surface area contributed by atoms with E-state index < -0.39 is 0 Å². The molecule has 108 valence electrons. The molecule has 20 heavy (non-hydrogen) atoms. The second-order valence-corrected chi connectivity index (χ2v) is 5.55. The Labute approximate surface area is 117 Å². The Morgan fingerprint density at radius 1 is 1.25 bits per heavy atom. The zero-order chi connectivity index (χ0) is 14.1. The summed E-state index contributed by atoms with van der Waals surface area (Å²) >= 11 is 0. The van der Waals surface area contributed by atoms with E-state index >= 15 is 0 Å². The highest BCUT2D eigenvalue weighted by Crippen LogP contribution is 2.35. The molecule has 1 aromatic rings.